The predicted molar refractivity (Wildman–Crippen MR) is 96.2 cm³/mol. The molecule has 0 saturated carbocycles. The monoisotopic (exact) mass is 363 g/mol. The third-order valence-electron chi connectivity index (χ3n) is 4.96. The van der Waals surface area contributed by atoms with Crippen LogP contribution in [0.3, 0.4) is 0 Å². The van der Waals surface area contributed by atoms with E-state index in [0.29, 0.717) is 31.2 Å². The lowest BCUT2D eigenvalue weighted by Crippen LogP contribution is -2.30. The fourth-order valence-corrected chi connectivity index (χ4v) is 4.98. The Kier molecular flexibility index (Phi) is 4.99. The molecule has 0 amide bonds. The van der Waals surface area contributed by atoms with Crippen LogP contribution in [0.4, 0.5) is 0 Å². The molecular weight excluding hydrogens is 338 g/mol. The van der Waals surface area contributed by atoms with Gasteiger partial charge in [-0.2, -0.15) is 5.10 Å². The molecule has 2 heterocycles. The first-order chi connectivity index (χ1) is 11.8. The van der Waals surface area contributed by atoms with Gasteiger partial charge in [-0.15, -0.1) is 0 Å². The number of aryl methyl sites for hydroxylation is 2. The van der Waals surface area contributed by atoms with E-state index in [0.717, 1.165) is 39.9 Å². The Morgan fingerprint density at radius 1 is 1.20 bits per heavy atom. The molecule has 0 radical (unpaired) electrons. The quantitative estimate of drug-likeness (QED) is 0.884. The first-order valence-electron chi connectivity index (χ1n) is 8.49. The highest BCUT2D eigenvalue weighted by atomic mass is 32.2. The van der Waals surface area contributed by atoms with Crippen LogP contribution in [0.25, 0.3) is 0 Å². The Hall–Kier alpha value is -1.70. The van der Waals surface area contributed by atoms with E-state index in [2.05, 4.69) is 9.82 Å². The van der Waals surface area contributed by atoms with Crippen LogP contribution < -0.4 is 4.72 Å². The summed E-state index contributed by atoms with van der Waals surface area (Å²) in [5, 5.41) is 4.36. The number of benzene rings is 1. The number of aromatic nitrogens is 2. The van der Waals surface area contributed by atoms with Crippen molar-refractivity contribution in [3.63, 3.8) is 0 Å². The number of nitrogens with zero attached hydrogens (tertiary/aromatic N) is 2. The van der Waals surface area contributed by atoms with E-state index in [-0.39, 0.29) is 0 Å². The van der Waals surface area contributed by atoms with Crippen LogP contribution in [0.1, 0.15) is 33.5 Å². The maximum atomic E-state index is 12.8. The number of fused-ring (bicyclic) bond motifs is 1. The molecule has 1 N–H and O–H groups in total. The highest BCUT2D eigenvalue weighted by molar-refractivity contribution is 7.89. The number of hydrogen-bond acceptors (Lipinski definition) is 4. The largest absolute Gasteiger partial charge is 0.376 e. The van der Waals surface area contributed by atoms with Gasteiger partial charge in [0, 0.05) is 24.2 Å². The Balaban J connectivity index is 1.76. The van der Waals surface area contributed by atoms with Gasteiger partial charge >= 0.3 is 0 Å². The smallest absolute Gasteiger partial charge is 0.241 e. The van der Waals surface area contributed by atoms with E-state index in [1.165, 1.54) is 0 Å². The Labute approximate surface area is 149 Å². The molecule has 0 unspecified atom stereocenters. The minimum Gasteiger partial charge on any atom is -0.376 e. The average Bonchev–Trinajstić information content (AvgIpc) is 2.96. The van der Waals surface area contributed by atoms with E-state index in [1.54, 1.807) is 6.20 Å². The van der Waals surface area contributed by atoms with Crippen molar-refractivity contribution in [2.45, 2.75) is 52.2 Å². The van der Waals surface area contributed by atoms with Gasteiger partial charge in [-0.3, -0.25) is 4.68 Å². The van der Waals surface area contributed by atoms with E-state index < -0.39 is 10.0 Å². The van der Waals surface area contributed by atoms with Crippen molar-refractivity contribution in [1.82, 2.24) is 14.5 Å². The number of ether oxygens (including phenoxy) is 1. The molecular formula is C18H25N3O3S. The van der Waals surface area contributed by atoms with Crippen LogP contribution in [0.5, 0.6) is 0 Å². The van der Waals surface area contributed by atoms with Crippen LogP contribution >= 0.6 is 0 Å². The van der Waals surface area contributed by atoms with Crippen molar-refractivity contribution in [3.8, 4) is 0 Å². The maximum Gasteiger partial charge on any atom is 0.241 e. The fourth-order valence-electron chi connectivity index (χ4n) is 3.35. The predicted octanol–water partition coefficient (Wildman–Crippen LogP) is 2.17. The van der Waals surface area contributed by atoms with Gasteiger partial charge in [0.15, 0.2) is 0 Å². The van der Waals surface area contributed by atoms with Gasteiger partial charge in [-0.05, 0) is 49.9 Å². The lowest BCUT2D eigenvalue weighted by atomic mass is 10.0. The lowest BCUT2D eigenvalue weighted by molar-refractivity contribution is 0.109. The molecule has 136 valence electrons. The number of sulfonamides is 1. The Morgan fingerprint density at radius 3 is 2.56 bits per heavy atom. The molecule has 0 aliphatic carbocycles. The van der Waals surface area contributed by atoms with Crippen LogP contribution in [0.2, 0.25) is 0 Å². The van der Waals surface area contributed by atoms with Crippen molar-refractivity contribution in [3.05, 3.63) is 45.8 Å². The number of nitrogens with one attached hydrogen (secondary N) is 1. The summed E-state index contributed by atoms with van der Waals surface area (Å²) in [6, 6.07) is 2.03. The van der Waals surface area contributed by atoms with Gasteiger partial charge in [0.1, 0.15) is 0 Å². The molecule has 1 aliphatic heterocycles. The third kappa shape index (κ3) is 3.49. The van der Waals surface area contributed by atoms with Gasteiger partial charge in [0.05, 0.1) is 30.9 Å². The zero-order valence-electron chi connectivity index (χ0n) is 15.2. The minimum atomic E-state index is -3.56. The van der Waals surface area contributed by atoms with Crippen LogP contribution in [-0.4, -0.2) is 31.3 Å². The Morgan fingerprint density at radius 2 is 1.88 bits per heavy atom. The van der Waals surface area contributed by atoms with Gasteiger partial charge in [-0.25, -0.2) is 13.1 Å². The zero-order valence-corrected chi connectivity index (χ0v) is 16.0. The highest BCUT2D eigenvalue weighted by Crippen LogP contribution is 2.25. The van der Waals surface area contributed by atoms with Crippen molar-refractivity contribution in [2.24, 2.45) is 0 Å². The average molecular weight is 363 g/mol. The first kappa shape index (κ1) is 18.1. The highest BCUT2D eigenvalue weighted by Gasteiger charge is 2.22. The molecule has 2 aromatic rings. The normalized spacial score (nSPS) is 14.6. The molecule has 3 rings (SSSR count). The van der Waals surface area contributed by atoms with Crippen molar-refractivity contribution >= 4 is 10.0 Å². The molecule has 25 heavy (non-hydrogen) atoms. The number of rotatable bonds is 5. The fraction of sp³-hybridized carbons (Fsp3) is 0.500. The second-order valence-corrected chi connectivity index (χ2v) is 8.33. The molecule has 0 bridgehead atoms. The molecule has 1 aromatic heterocycles. The standard InChI is InChI=1S/C18H25N3O3S/c1-12-9-13(2)15(4)18(14(12)3)25(22,23)20-6-7-21-17-5-8-24-11-16(17)10-19-21/h9-10,20H,5-8,11H2,1-4H3. The summed E-state index contributed by atoms with van der Waals surface area (Å²) in [6.07, 6.45) is 2.62. The molecule has 1 aliphatic rings. The van der Waals surface area contributed by atoms with Crippen molar-refractivity contribution in [1.29, 1.82) is 0 Å². The van der Waals surface area contributed by atoms with Crippen LogP contribution in [-0.2, 0) is 34.3 Å². The third-order valence-corrected chi connectivity index (χ3v) is 6.69. The Bertz CT molecular complexity index is 875. The molecule has 0 fully saturated rings. The van der Waals surface area contributed by atoms with E-state index in [4.69, 9.17) is 4.74 Å². The van der Waals surface area contributed by atoms with E-state index in [1.807, 2.05) is 38.4 Å². The van der Waals surface area contributed by atoms with Crippen LogP contribution in [0, 0.1) is 27.7 Å². The summed E-state index contributed by atoms with van der Waals surface area (Å²) < 4.78 is 35.7. The van der Waals surface area contributed by atoms with Crippen LogP contribution in [0.15, 0.2) is 17.2 Å². The lowest BCUT2D eigenvalue weighted by Gasteiger charge is -2.17. The minimum absolute atomic E-state index is 0.309. The van der Waals surface area contributed by atoms with Crippen molar-refractivity contribution < 1.29 is 13.2 Å². The summed E-state index contributed by atoms with van der Waals surface area (Å²) in [5.74, 6) is 0. The zero-order chi connectivity index (χ0) is 18.2. The molecule has 0 atom stereocenters. The topological polar surface area (TPSA) is 73.2 Å². The number of hydrogen-bond donors (Lipinski definition) is 1. The molecule has 7 heteroatoms. The van der Waals surface area contributed by atoms with Crippen molar-refractivity contribution in [2.75, 3.05) is 13.2 Å². The maximum absolute atomic E-state index is 12.8. The summed E-state index contributed by atoms with van der Waals surface area (Å²) in [5.41, 5.74) is 5.84. The molecule has 1 aromatic carbocycles. The summed E-state index contributed by atoms with van der Waals surface area (Å²) in [6.45, 7) is 9.70. The van der Waals surface area contributed by atoms with Gasteiger partial charge < -0.3 is 4.74 Å². The van der Waals surface area contributed by atoms with Gasteiger partial charge in [-0.1, -0.05) is 6.07 Å². The van der Waals surface area contributed by atoms with E-state index >= 15 is 0 Å². The summed E-state index contributed by atoms with van der Waals surface area (Å²) in [7, 11) is -3.56. The van der Waals surface area contributed by atoms with E-state index in [9.17, 15) is 8.42 Å². The second-order valence-electron chi connectivity index (χ2n) is 6.63. The summed E-state index contributed by atoms with van der Waals surface area (Å²) in [4.78, 5) is 0.404. The summed E-state index contributed by atoms with van der Waals surface area (Å²) >= 11 is 0. The molecule has 0 saturated heterocycles. The molecule has 6 nitrogen and oxygen atoms in total. The SMILES string of the molecule is Cc1cc(C)c(C)c(S(=O)(=O)NCCn2ncc3c2CCOC3)c1C. The van der Waals surface area contributed by atoms with Gasteiger partial charge in [0.25, 0.3) is 0 Å². The first-order valence-corrected chi connectivity index (χ1v) is 9.98. The molecule has 0 spiro atoms. The van der Waals surface area contributed by atoms with Gasteiger partial charge in [0.2, 0.25) is 10.0 Å². The second kappa shape index (κ2) is 6.90.